The number of hydrogen-bond acceptors (Lipinski definition) is 3. The zero-order valence-corrected chi connectivity index (χ0v) is 16.0. The number of benzene rings is 2. The first-order valence-electron chi connectivity index (χ1n) is 8.59. The van der Waals surface area contributed by atoms with Gasteiger partial charge >= 0.3 is 0 Å². The predicted octanol–water partition coefficient (Wildman–Crippen LogP) is 4.31. The van der Waals surface area contributed by atoms with Crippen LogP contribution >= 0.6 is 11.6 Å². The van der Waals surface area contributed by atoms with E-state index in [0.717, 1.165) is 17.1 Å². The molecule has 6 heteroatoms. The first-order chi connectivity index (χ1) is 13.0. The Morgan fingerprint density at radius 3 is 2.63 bits per heavy atom. The molecule has 0 saturated carbocycles. The van der Waals surface area contributed by atoms with Crippen LogP contribution < -0.4 is 10.7 Å². The van der Waals surface area contributed by atoms with E-state index < -0.39 is 0 Å². The van der Waals surface area contributed by atoms with Crippen LogP contribution in [0.1, 0.15) is 16.8 Å². The number of carbonyl (C=O) groups is 1. The van der Waals surface area contributed by atoms with E-state index in [1.807, 2.05) is 72.3 Å². The molecule has 1 aromatic heterocycles. The molecule has 2 N–H and O–H groups in total. The molecule has 3 aromatic rings. The number of hydrazone groups is 1. The molecule has 0 aliphatic carbocycles. The third kappa shape index (κ3) is 4.99. The Kier molecular flexibility index (Phi) is 5.94. The average Bonchev–Trinajstić information content (AvgIpc) is 3.12. The molecule has 0 fully saturated rings. The summed E-state index contributed by atoms with van der Waals surface area (Å²) in [6, 6.07) is 17.3. The van der Waals surface area contributed by atoms with Gasteiger partial charge in [0.25, 0.3) is 5.91 Å². The van der Waals surface area contributed by atoms with Crippen LogP contribution in [-0.4, -0.2) is 23.2 Å². The lowest BCUT2D eigenvalue weighted by Gasteiger charge is -2.08. The first-order valence-corrected chi connectivity index (χ1v) is 8.97. The second-order valence-corrected chi connectivity index (χ2v) is 6.66. The molecule has 5 nitrogen and oxygen atoms in total. The van der Waals surface area contributed by atoms with Crippen molar-refractivity contribution in [3.8, 4) is 5.69 Å². The first kappa shape index (κ1) is 18.7. The molecule has 0 radical (unpaired) electrons. The highest BCUT2D eigenvalue weighted by Gasteiger charge is 2.03. The molecule has 0 aliphatic rings. The number of anilines is 1. The summed E-state index contributed by atoms with van der Waals surface area (Å²) in [6.07, 6.45) is 3.54. The molecule has 3 rings (SSSR count). The highest BCUT2D eigenvalue weighted by molar-refractivity contribution is 6.30. The monoisotopic (exact) mass is 380 g/mol. The lowest BCUT2D eigenvalue weighted by atomic mass is 10.1. The Bertz CT molecular complexity index is 961. The highest BCUT2D eigenvalue weighted by Crippen LogP contribution is 2.15. The van der Waals surface area contributed by atoms with Gasteiger partial charge in [-0.2, -0.15) is 5.10 Å². The second kappa shape index (κ2) is 8.56. The summed E-state index contributed by atoms with van der Waals surface area (Å²) < 4.78 is 1.96. The molecule has 138 valence electrons. The SMILES string of the molecule is Cc1ccc(NCC(=O)N/N=C\c2cccn2-c2ccc(Cl)cc2)cc1C. The molecular formula is C21H21ClN4O. The lowest BCUT2D eigenvalue weighted by molar-refractivity contribution is -0.119. The van der Waals surface area contributed by atoms with Crippen LogP contribution in [0, 0.1) is 13.8 Å². The fraction of sp³-hybridized carbons (Fsp3) is 0.143. The van der Waals surface area contributed by atoms with Crippen molar-refractivity contribution in [3.63, 3.8) is 0 Å². The van der Waals surface area contributed by atoms with Crippen molar-refractivity contribution in [1.29, 1.82) is 0 Å². The normalized spacial score (nSPS) is 10.9. The molecule has 1 heterocycles. The number of nitrogens with zero attached hydrogens (tertiary/aromatic N) is 2. The van der Waals surface area contributed by atoms with E-state index >= 15 is 0 Å². The van der Waals surface area contributed by atoms with E-state index in [1.165, 1.54) is 11.1 Å². The van der Waals surface area contributed by atoms with Crippen molar-refractivity contribution in [1.82, 2.24) is 9.99 Å². The lowest BCUT2D eigenvalue weighted by Crippen LogP contribution is -2.26. The van der Waals surface area contributed by atoms with E-state index in [0.29, 0.717) is 5.02 Å². The maximum Gasteiger partial charge on any atom is 0.259 e. The fourth-order valence-electron chi connectivity index (χ4n) is 2.58. The standard InChI is InChI=1S/C21H21ClN4O/c1-15-5-8-18(12-16(15)2)23-14-21(27)25-24-13-20-4-3-11-26(20)19-9-6-17(22)7-10-19/h3-13,23H,14H2,1-2H3,(H,25,27)/b24-13-. The molecule has 0 atom stereocenters. The predicted molar refractivity (Wildman–Crippen MR) is 111 cm³/mol. The van der Waals surface area contributed by atoms with Gasteiger partial charge in [0.1, 0.15) is 0 Å². The number of carbonyl (C=O) groups excluding carboxylic acids is 1. The summed E-state index contributed by atoms with van der Waals surface area (Å²) in [7, 11) is 0. The Hall–Kier alpha value is -3.05. The van der Waals surface area contributed by atoms with Gasteiger partial charge in [-0.25, -0.2) is 5.43 Å². The summed E-state index contributed by atoms with van der Waals surface area (Å²) in [4.78, 5) is 12.0. The number of amides is 1. The molecule has 0 bridgehead atoms. The summed E-state index contributed by atoms with van der Waals surface area (Å²) in [5.74, 6) is -0.214. The molecule has 0 unspecified atom stereocenters. The number of nitrogens with one attached hydrogen (secondary N) is 2. The van der Waals surface area contributed by atoms with Crippen molar-refractivity contribution in [3.05, 3.63) is 82.6 Å². The molecule has 0 saturated heterocycles. The highest BCUT2D eigenvalue weighted by atomic mass is 35.5. The van der Waals surface area contributed by atoms with Crippen LogP contribution in [0.4, 0.5) is 5.69 Å². The number of halogens is 1. The minimum absolute atomic E-state index is 0.151. The smallest absolute Gasteiger partial charge is 0.259 e. The van der Waals surface area contributed by atoms with Gasteiger partial charge in [0.05, 0.1) is 18.5 Å². The molecular weight excluding hydrogens is 360 g/mol. The van der Waals surface area contributed by atoms with Crippen LogP contribution in [0.3, 0.4) is 0 Å². The van der Waals surface area contributed by atoms with E-state index in [2.05, 4.69) is 22.8 Å². The van der Waals surface area contributed by atoms with Gasteiger partial charge in [-0.15, -0.1) is 0 Å². The molecule has 0 spiro atoms. The number of rotatable bonds is 6. The summed E-state index contributed by atoms with van der Waals surface area (Å²) in [5, 5.41) is 7.83. The average molecular weight is 381 g/mol. The van der Waals surface area contributed by atoms with E-state index in [1.54, 1.807) is 6.21 Å². The maximum absolute atomic E-state index is 12.0. The quantitative estimate of drug-likeness (QED) is 0.494. The molecule has 0 aliphatic heterocycles. The number of aryl methyl sites for hydroxylation is 2. The summed E-state index contributed by atoms with van der Waals surface area (Å²) >= 11 is 5.93. The van der Waals surface area contributed by atoms with E-state index in [9.17, 15) is 4.79 Å². The van der Waals surface area contributed by atoms with Crippen molar-refractivity contribution in [2.24, 2.45) is 5.10 Å². The fourth-order valence-corrected chi connectivity index (χ4v) is 2.71. The Labute approximate surface area is 163 Å². The minimum Gasteiger partial charge on any atom is -0.376 e. The van der Waals surface area contributed by atoms with Crippen LogP contribution in [0.2, 0.25) is 5.02 Å². The summed E-state index contributed by atoms with van der Waals surface area (Å²) in [5.41, 5.74) is 7.67. The van der Waals surface area contributed by atoms with Crippen LogP contribution in [0.15, 0.2) is 65.9 Å². The van der Waals surface area contributed by atoms with Gasteiger partial charge in [0.2, 0.25) is 0 Å². The zero-order chi connectivity index (χ0) is 19.2. The number of hydrogen-bond donors (Lipinski definition) is 2. The molecule has 27 heavy (non-hydrogen) atoms. The van der Waals surface area contributed by atoms with Gasteiger partial charge in [0.15, 0.2) is 0 Å². The van der Waals surface area contributed by atoms with E-state index in [-0.39, 0.29) is 12.5 Å². The Balaban J connectivity index is 1.56. The minimum atomic E-state index is -0.214. The third-order valence-corrected chi connectivity index (χ3v) is 4.48. The Morgan fingerprint density at radius 1 is 1.11 bits per heavy atom. The topological polar surface area (TPSA) is 58.4 Å². The summed E-state index contributed by atoms with van der Waals surface area (Å²) in [6.45, 7) is 4.25. The number of aromatic nitrogens is 1. The maximum atomic E-state index is 12.0. The second-order valence-electron chi connectivity index (χ2n) is 6.23. The van der Waals surface area contributed by atoms with E-state index in [4.69, 9.17) is 11.6 Å². The van der Waals surface area contributed by atoms with Gasteiger partial charge in [-0.1, -0.05) is 17.7 Å². The molecule has 2 aromatic carbocycles. The third-order valence-electron chi connectivity index (χ3n) is 4.23. The van der Waals surface area contributed by atoms with Crippen molar-refractivity contribution >= 4 is 29.4 Å². The van der Waals surface area contributed by atoms with Gasteiger partial charge in [-0.05, 0) is 73.5 Å². The van der Waals surface area contributed by atoms with Crippen LogP contribution in [-0.2, 0) is 4.79 Å². The van der Waals surface area contributed by atoms with Gasteiger partial charge in [0, 0.05) is 22.6 Å². The Morgan fingerprint density at radius 2 is 1.89 bits per heavy atom. The van der Waals surface area contributed by atoms with Crippen LogP contribution in [0.25, 0.3) is 5.69 Å². The van der Waals surface area contributed by atoms with Crippen LogP contribution in [0.5, 0.6) is 0 Å². The van der Waals surface area contributed by atoms with Crippen molar-refractivity contribution < 1.29 is 4.79 Å². The van der Waals surface area contributed by atoms with Gasteiger partial charge in [-0.3, -0.25) is 4.79 Å². The molecule has 1 amide bonds. The van der Waals surface area contributed by atoms with Crippen molar-refractivity contribution in [2.75, 3.05) is 11.9 Å². The van der Waals surface area contributed by atoms with Gasteiger partial charge < -0.3 is 9.88 Å². The zero-order valence-electron chi connectivity index (χ0n) is 15.2. The largest absolute Gasteiger partial charge is 0.376 e. The van der Waals surface area contributed by atoms with Crippen molar-refractivity contribution in [2.45, 2.75) is 13.8 Å².